The zero-order chi connectivity index (χ0) is 27.8. The van der Waals surface area contributed by atoms with Gasteiger partial charge in [-0.1, -0.05) is 11.6 Å². The summed E-state index contributed by atoms with van der Waals surface area (Å²) in [4.78, 5) is 22.7. The number of nitrogens with one attached hydrogen (secondary N) is 1. The molecule has 202 valence electrons. The molecule has 37 heavy (non-hydrogen) atoms. The van der Waals surface area contributed by atoms with Gasteiger partial charge in [0.25, 0.3) is 10.0 Å². The summed E-state index contributed by atoms with van der Waals surface area (Å²) >= 11 is 5.75. The molecule has 2 aromatic rings. The third-order valence-corrected chi connectivity index (χ3v) is 7.39. The number of carboxylic acid groups (broad SMARTS) is 1. The highest BCUT2D eigenvalue weighted by Crippen LogP contribution is 2.40. The Labute approximate surface area is 214 Å². The fourth-order valence-electron chi connectivity index (χ4n) is 3.25. The van der Waals surface area contributed by atoms with E-state index in [0.29, 0.717) is 13.8 Å². The molecule has 0 spiro atoms. The summed E-state index contributed by atoms with van der Waals surface area (Å²) in [5.74, 6) is -1.99. The van der Waals surface area contributed by atoms with Crippen LogP contribution in [-0.4, -0.2) is 50.0 Å². The summed E-state index contributed by atoms with van der Waals surface area (Å²) in [6.45, 7) is 0.964. The molecule has 9 nitrogen and oxygen atoms in total. The first-order valence-corrected chi connectivity index (χ1v) is 12.4. The number of ether oxygens (including phenoxy) is 2. The molecule has 1 heterocycles. The molecule has 1 aliphatic rings. The van der Waals surface area contributed by atoms with Gasteiger partial charge in [-0.05, 0) is 56.7 Å². The number of hydrogen-bond donors (Lipinski definition) is 2. The average Bonchev–Trinajstić information content (AvgIpc) is 2.77. The molecular weight excluding hydrogens is 548 g/mol. The van der Waals surface area contributed by atoms with Gasteiger partial charge in [-0.15, -0.1) is 0 Å². The van der Waals surface area contributed by atoms with E-state index in [9.17, 15) is 35.6 Å². The van der Waals surface area contributed by atoms with Crippen molar-refractivity contribution in [2.75, 3.05) is 16.2 Å². The van der Waals surface area contributed by atoms with E-state index in [-0.39, 0.29) is 41.4 Å². The second-order valence-corrected chi connectivity index (χ2v) is 10.8. The number of halogens is 5. The molecule has 0 saturated carbocycles. The lowest BCUT2D eigenvalue weighted by molar-refractivity contribution is -0.242. The lowest BCUT2D eigenvalue weighted by Gasteiger charge is -2.35. The highest BCUT2D eigenvalue weighted by atomic mass is 35.5. The predicted octanol–water partition coefficient (Wildman–Crippen LogP) is 5.19. The normalized spacial score (nSPS) is 16.0. The van der Waals surface area contributed by atoms with E-state index in [1.165, 1.54) is 12.1 Å². The number of alkyl halides is 3. The monoisotopic (exact) mass is 568 g/mol. The molecule has 15 heteroatoms. The number of rotatable bonds is 7. The van der Waals surface area contributed by atoms with Crippen molar-refractivity contribution in [1.82, 2.24) is 0 Å². The third kappa shape index (κ3) is 6.36. The van der Waals surface area contributed by atoms with Crippen molar-refractivity contribution in [2.24, 2.45) is 0 Å². The Morgan fingerprint density at radius 3 is 2.49 bits per heavy atom. The average molecular weight is 569 g/mol. The maximum Gasteiger partial charge on any atom is 0.427 e. The van der Waals surface area contributed by atoms with Crippen LogP contribution in [0.25, 0.3) is 0 Å². The molecular formula is C22H21ClF4N2O7S. The van der Waals surface area contributed by atoms with E-state index in [2.05, 4.69) is 10.1 Å². The third-order valence-electron chi connectivity index (χ3n) is 5.33. The van der Waals surface area contributed by atoms with E-state index < -0.39 is 50.8 Å². The number of fused-ring (bicyclic) bond motifs is 1. The summed E-state index contributed by atoms with van der Waals surface area (Å²) in [6.07, 6.45) is -7.55. The van der Waals surface area contributed by atoms with Gasteiger partial charge in [0.05, 0.1) is 22.2 Å². The molecule has 0 saturated heterocycles. The lowest BCUT2D eigenvalue weighted by Crippen LogP contribution is -2.44. The number of carbonyl (C=O) groups excluding carboxylic acids is 1. The van der Waals surface area contributed by atoms with Crippen molar-refractivity contribution in [3.05, 3.63) is 47.2 Å². The summed E-state index contributed by atoms with van der Waals surface area (Å²) in [5.41, 5.74) is -3.03. The van der Waals surface area contributed by atoms with Crippen LogP contribution in [0.3, 0.4) is 0 Å². The van der Waals surface area contributed by atoms with Crippen LogP contribution < -0.4 is 14.4 Å². The van der Waals surface area contributed by atoms with E-state index in [1.54, 1.807) is 0 Å². The largest absolute Gasteiger partial charge is 0.486 e. The molecule has 0 fully saturated rings. The van der Waals surface area contributed by atoms with Crippen LogP contribution in [0.2, 0.25) is 5.02 Å². The van der Waals surface area contributed by atoms with E-state index >= 15 is 0 Å². The maximum absolute atomic E-state index is 13.6. The SMILES string of the molecule is CC(C)(OC(=O)Nc1ccc2c(c1)N(S(=O)(=O)c1ccc(F)c(Cl)c1)C[C@H](CCC(=O)O)O2)C(F)(F)F. The van der Waals surface area contributed by atoms with E-state index in [1.807, 2.05) is 0 Å². The smallest absolute Gasteiger partial charge is 0.427 e. The number of aliphatic carboxylic acids is 1. The molecule has 1 atom stereocenters. The van der Waals surface area contributed by atoms with Crippen LogP contribution in [0, 0.1) is 5.82 Å². The highest BCUT2D eigenvalue weighted by molar-refractivity contribution is 7.92. The molecule has 0 bridgehead atoms. The topological polar surface area (TPSA) is 122 Å². The second-order valence-electron chi connectivity index (χ2n) is 8.49. The Morgan fingerprint density at radius 2 is 1.89 bits per heavy atom. The Balaban J connectivity index is 1.97. The van der Waals surface area contributed by atoms with E-state index in [4.69, 9.17) is 21.4 Å². The summed E-state index contributed by atoms with van der Waals surface area (Å²) in [5, 5.41) is 10.6. The van der Waals surface area contributed by atoms with Gasteiger partial charge in [-0.2, -0.15) is 13.2 Å². The van der Waals surface area contributed by atoms with Gasteiger partial charge in [0.2, 0.25) is 5.60 Å². The molecule has 1 amide bonds. The zero-order valence-corrected chi connectivity index (χ0v) is 20.9. The minimum absolute atomic E-state index is 0.00652. The van der Waals surface area contributed by atoms with Crippen molar-refractivity contribution in [3.63, 3.8) is 0 Å². The number of benzene rings is 2. The van der Waals surface area contributed by atoms with Gasteiger partial charge in [-0.3, -0.25) is 14.4 Å². The van der Waals surface area contributed by atoms with Crippen molar-refractivity contribution >= 4 is 45.1 Å². The molecule has 2 N–H and O–H groups in total. The van der Waals surface area contributed by atoms with Gasteiger partial charge in [-0.25, -0.2) is 17.6 Å². The Hall–Kier alpha value is -3.26. The second kappa shape index (κ2) is 10.2. The maximum atomic E-state index is 13.6. The Morgan fingerprint density at radius 1 is 1.22 bits per heavy atom. The van der Waals surface area contributed by atoms with Crippen molar-refractivity contribution < 1.29 is 50.1 Å². The van der Waals surface area contributed by atoms with Gasteiger partial charge in [0.15, 0.2) is 0 Å². The minimum atomic E-state index is -4.85. The quantitative estimate of drug-likeness (QED) is 0.441. The molecule has 0 radical (unpaired) electrons. The van der Waals surface area contributed by atoms with Crippen molar-refractivity contribution in [3.8, 4) is 5.75 Å². The molecule has 0 aliphatic carbocycles. The molecule has 0 aromatic heterocycles. The first kappa shape index (κ1) is 28.3. The Bertz CT molecular complexity index is 1320. The molecule has 3 rings (SSSR count). The molecule has 2 aromatic carbocycles. The number of hydrogen-bond acceptors (Lipinski definition) is 6. The number of carbonyl (C=O) groups is 2. The number of carboxylic acids is 1. The number of sulfonamides is 1. The van der Waals surface area contributed by atoms with Gasteiger partial charge in [0, 0.05) is 12.1 Å². The molecule has 0 unspecified atom stereocenters. The van der Waals surface area contributed by atoms with Crippen LogP contribution in [0.5, 0.6) is 5.75 Å². The van der Waals surface area contributed by atoms with Crippen LogP contribution in [0.4, 0.5) is 33.7 Å². The van der Waals surface area contributed by atoms with E-state index in [0.717, 1.165) is 28.6 Å². The number of amides is 1. The first-order chi connectivity index (χ1) is 17.0. The summed E-state index contributed by atoms with van der Waals surface area (Å²) in [6, 6.07) is 6.36. The Kier molecular flexibility index (Phi) is 7.84. The highest BCUT2D eigenvalue weighted by Gasteiger charge is 2.51. The van der Waals surface area contributed by atoms with Gasteiger partial charge < -0.3 is 14.6 Å². The van der Waals surface area contributed by atoms with Crippen LogP contribution in [0.15, 0.2) is 41.3 Å². The fraction of sp³-hybridized carbons (Fsp3) is 0.364. The summed E-state index contributed by atoms with van der Waals surface area (Å²) < 4.78 is 90.7. The van der Waals surface area contributed by atoms with Crippen LogP contribution in [-0.2, 0) is 19.6 Å². The van der Waals surface area contributed by atoms with Crippen LogP contribution in [0.1, 0.15) is 26.7 Å². The summed E-state index contributed by atoms with van der Waals surface area (Å²) in [7, 11) is -4.42. The van der Waals surface area contributed by atoms with Gasteiger partial charge >= 0.3 is 18.2 Å². The number of anilines is 2. The van der Waals surface area contributed by atoms with Gasteiger partial charge in [0.1, 0.15) is 17.7 Å². The minimum Gasteiger partial charge on any atom is -0.486 e. The molecule has 1 aliphatic heterocycles. The predicted molar refractivity (Wildman–Crippen MR) is 124 cm³/mol. The fourth-order valence-corrected chi connectivity index (χ4v) is 5.02. The van der Waals surface area contributed by atoms with Crippen LogP contribution >= 0.6 is 11.6 Å². The first-order valence-electron chi connectivity index (χ1n) is 10.6. The number of nitrogens with zero attached hydrogens (tertiary/aromatic N) is 1. The standard InChI is InChI=1S/C22H21ClF4N2O7S/c1-21(2,22(25,26)27)36-20(32)28-12-3-7-18-17(9-12)29(11-13(35-18)4-8-19(30)31)37(33,34)14-5-6-16(24)15(23)10-14/h3,5-7,9-10,13H,4,8,11H2,1-2H3,(H,28,32)(H,30,31)/t13-/m0/s1. The van der Waals surface area contributed by atoms with Crippen molar-refractivity contribution in [1.29, 1.82) is 0 Å². The lowest BCUT2D eigenvalue weighted by atomic mass is 10.1. The zero-order valence-electron chi connectivity index (χ0n) is 19.3. The van der Waals surface area contributed by atoms with Crippen molar-refractivity contribution in [2.45, 2.75) is 49.5 Å².